The third kappa shape index (κ3) is 6.24. The molecule has 0 bridgehead atoms. The highest BCUT2D eigenvalue weighted by Crippen LogP contribution is 2.07. The summed E-state index contributed by atoms with van der Waals surface area (Å²) in [5, 5.41) is 3.17. The molecule has 1 heterocycles. The van der Waals surface area contributed by atoms with Crippen LogP contribution in [0.1, 0.15) is 26.3 Å². The van der Waals surface area contributed by atoms with Crippen molar-refractivity contribution in [3.63, 3.8) is 0 Å². The fraction of sp³-hybridized carbons (Fsp3) is 0.615. The summed E-state index contributed by atoms with van der Waals surface area (Å²) in [5.74, 6) is 0.895. The minimum atomic E-state index is 0.264. The van der Waals surface area contributed by atoms with Gasteiger partial charge in [-0.05, 0) is 38.5 Å². The monoisotopic (exact) mass is 238 g/mol. The zero-order valence-corrected chi connectivity index (χ0v) is 10.9. The van der Waals surface area contributed by atoms with Crippen LogP contribution in [0.4, 0.5) is 5.82 Å². The third-order valence-corrected chi connectivity index (χ3v) is 2.13. The number of nitrogens with zero attached hydrogens (tertiary/aromatic N) is 1. The van der Waals surface area contributed by atoms with Gasteiger partial charge in [0, 0.05) is 12.7 Å². The molecule has 0 aliphatic rings. The maximum absolute atomic E-state index is 5.52. The number of pyridine rings is 1. The summed E-state index contributed by atoms with van der Waals surface area (Å²) < 4.78 is 10.9. The van der Waals surface area contributed by atoms with Gasteiger partial charge < -0.3 is 14.8 Å². The normalized spacial score (nSPS) is 10.8. The molecule has 0 aromatic carbocycles. The van der Waals surface area contributed by atoms with E-state index in [9.17, 15) is 0 Å². The van der Waals surface area contributed by atoms with Crippen LogP contribution in [-0.4, -0.2) is 30.8 Å². The molecule has 0 fully saturated rings. The predicted molar refractivity (Wildman–Crippen MR) is 69.1 cm³/mol. The highest BCUT2D eigenvalue weighted by Gasteiger charge is 1.97. The Balaban J connectivity index is 2.24. The zero-order chi connectivity index (χ0) is 12.5. The maximum Gasteiger partial charge on any atom is 0.126 e. The average molecular weight is 238 g/mol. The standard InChI is InChI=1S/C13H22N2O2/c1-4-14-13-9-12(5-6-15-13)10-16-7-8-17-11(2)3/h5-6,9,11H,4,7-8,10H2,1-3H3,(H,14,15). The molecule has 0 saturated heterocycles. The average Bonchev–Trinajstić information content (AvgIpc) is 2.29. The molecule has 0 amide bonds. The lowest BCUT2D eigenvalue weighted by atomic mass is 10.3. The number of hydrogen-bond acceptors (Lipinski definition) is 4. The van der Waals surface area contributed by atoms with E-state index in [2.05, 4.69) is 10.3 Å². The molecule has 0 unspecified atom stereocenters. The number of aromatic nitrogens is 1. The van der Waals surface area contributed by atoms with Crippen LogP contribution in [0, 0.1) is 0 Å². The van der Waals surface area contributed by atoms with Gasteiger partial charge in [0.15, 0.2) is 0 Å². The lowest BCUT2D eigenvalue weighted by Gasteiger charge is -2.09. The summed E-state index contributed by atoms with van der Waals surface area (Å²) in [4.78, 5) is 4.21. The molecule has 0 aliphatic carbocycles. The highest BCUT2D eigenvalue weighted by molar-refractivity contribution is 5.36. The van der Waals surface area contributed by atoms with E-state index in [4.69, 9.17) is 9.47 Å². The first-order valence-corrected chi connectivity index (χ1v) is 6.10. The van der Waals surface area contributed by atoms with Crippen molar-refractivity contribution in [2.24, 2.45) is 0 Å². The van der Waals surface area contributed by atoms with E-state index in [0.29, 0.717) is 19.8 Å². The second-order valence-corrected chi connectivity index (χ2v) is 4.05. The molecule has 0 saturated carbocycles. The van der Waals surface area contributed by atoms with Crippen LogP contribution in [0.5, 0.6) is 0 Å². The molecule has 17 heavy (non-hydrogen) atoms. The van der Waals surface area contributed by atoms with Crippen LogP contribution in [-0.2, 0) is 16.1 Å². The Hall–Kier alpha value is -1.13. The molecule has 0 atom stereocenters. The van der Waals surface area contributed by atoms with Gasteiger partial charge in [-0.15, -0.1) is 0 Å². The molecular weight excluding hydrogens is 216 g/mol. The van der Waals surface area contributed by atoms with Crippen molar-refractivity contribution in [1.82, 2.24) is 4.98 Å². The Morgan fingerprint density at radius 3 is 2.88 bits per heavy atom. The first-order chi connectivity index (χ1) is 8.22. The van der Waals surface area contributed by atoms with Crippen LogP contribution in [0.15, 0.2) is 18.3 Å². The van der Waals surface area contributed by atoms with Gasteiger partial charge in [0.2, 0.25) is 0 Å². The van der Waals surface area contributed by atoms with Crippen molar-refractivity contribution < 1.29 is 9.47 Å². The summed E-state index contributed by atoms with van der Waals surface area (Å²) in [5.41, 5.74) is 1.13. The van der Waals surface area contributed by atoms with Crippen LogP contribution in [0.3, 0.4) is 0 Å². The van der Waals surface area contributed by atoms with E-state index in [1.54, 1.807) is 6.20 Å². The Bertz CT molecular complexity index is 316. The number of anilines is 1. The number of nitrogens with one attached hydrogen (secondary N) is 1. The second-order valence-electron chi connectivity index (χ2n) is 4.05. The quantitative estimate of drug-likeness (QED) is 0.706. The Morgan fingerprint density at radius 1 is 1.35 bits per heavy atom. The van der Waals surface area contributed by atoms with Crippen molar-refractivity contribution in [3.8, 4) is 0 Å². The summed E-state index contributed by atoms with van der Waals surface area (Å²) in [6.07, 6.45) is 2.06. The minimum absolute atomic E-state index is 0.264. The first-order valence-electron chi connectivity index (χ1n) is 6.10. The van der Waals surface area contributed by atoms with Crippen molar-refractivity contribution in [1.29, 1.82) is 0 Å². The molecule has 96 valence electrons. The summed E-state index contributed by atoms with van der Waals surface area (Å²) in [6, 6.07) is 3.97. The highest BCUT2D eigenvalue weighted by atomic mass is 16.5. The van der Waals surface area contributed by atoms with E-state index in [-0.39, 0.29) is 6.10 Å². The fourth-order valence-electron chi connectivity index (χ4n) is 1.37. The Labute approximate surface area is 103 Å². The van der Waals surface area contributed by atoms with Crippen molar-refractivity contribution >= 4 is 5.82 Å². The van der Waals surface area contributed by atoms with E-state index >= 15 is 0 Å². The van der Waals surface area contributed by atoms with Gasteiger partial charge in [-0.3, -0.25) is 0 Å². The Morgan fingerprint density at radius 2 is 2.18 bits per heavy atom. The lowest BCUT2D eigenvalue weighted by molar-refractivity contribution is 0.0143. The molecule has 4 nitrogen and oxygen atoms in total. The predicted octanol–water partition coefficient (Wildman–Crippen LogP) is 2.46. The smallest absolute Gasteiger partial charge is 0.126 e. The largest absolute Gasteiger partial charge is 0.376 e. The molecule has 1 N–H and O–H groups in total. The Kier molecular flexibility index (Phi) is 6.58. The molecule has 0 radical (unpaired) electrons. The van der Waals surface area contributed by atoms with Gasteiger partial charge in [0.05, 0.1) is 25.9 Å². The van der Waals surface area contributed by atoms with E-state index in [1.807, 2.05) is 32.9 Å². The number of ether oxygens (including phenoxy) is 2. The summed E-state index contributed by atoms with van der Waals surface area (Å²) >= 11 is 0. The van der Waals surface area contributed by atoms with Gasteiger partial charge in [0.1, 0.15) is 5.82 Å². The van der Waals surface area contributed by atoms with Gasteiger partial charge >= 0.3 is 0 Å². The first kappa shape index (κ1) is 13.9. The lowest BCUT2D eigenvalue weighted by Crippen LogP contribution is -2.09. The zero-order valence-electron chi connectivity index (χ0n) is 10.9. The van der Waals surface area contributed by atoms with Crippen LogP contribution in [0.2, 0.25) is 0 Å². The van der Waals surface area contributed by atoms with Crippen LogP contribution >= 0.6 is 0 Å². The van der Waals surface area contributed by atoms with E-state index in [1.165, 1.54) is 0 Å². The van der Waals surface area contributed by atoms with Crippen molar-refractivity contribution in [3.05, 3.63) is 23.9 Å². The number of rotatable bonds is 8. The fourth-order valence-corrected chi connectivity index (χ4v) is 1.37. The van der Waals surface area contributed by atoms with Gasteiger partial charge in [-0.1, -0.05) is 0 Å². The second kappa shape index (κ2) is 8.03. The van der Waals surface area contributed by atoms with Crippen LogP contribution < -0.4 is 5.32 Å². The molecule has 0 aliphatic heterocycles. The molecule has 4 heteroatoms. The van der Waals surface area contributed by atoms with Crippen molar-refractivity contribution in [2.45, 2.75) is 33.5 Å². The van der Waals surface area contributed by atoms with Gasteiger partial charge in [0.25, 0.3) is 0 Å². The summed E-state index contributed by atoms with van der Waals surface area (Å²) in [6.45, 7) is 8.83. The molecule has 0 spiro atoms. The van der Waals surface area contributed by atoms with Crippen molar-refractivity contribution in [2.75, 3.05) is 25.1 Å². The van der Waals surface area contributed by atoms with Gasteiger partial charge in [-0.2, -0.15) is 0 Å². The summed E-state index contributed by atoms with van der Waals surface area (Å²) in [7, 11) is 0. The molecule has 1 aromatic rings. The van der Waals surface area contributed by atoms with E-state index < -0.39 is 0 Å². The maximum atomic E-state index is 5.52. The minimum Gasteiger partial charge on any atom is -0.376 e. The number of hydrogen-bond donors (Lipinski definition) is 1. The topological polar surface area (TPSA) is 43.4 Å². The van der Waals surface area contributed by atoms with Crippen LogP contribution in [0.25, 0.3) is 0 Å². The molecular formula is C13H22N2O2. The van der Waals surface area contributed by atoms with E-state index in [0.717, 1.165) is 17.9 Å². The SMILES string of the molecule is CCNc1cc(COCCOC(C)C)ccn1. The molecule has 1 aromatic heterocycles. The third-order valence-electron chi connectivity index (χ3n) is 2.13. The molecule has 1 rings (SSSR count). The van der Waals surface area contributed by atoms with Gasteiger partial charge in [-0.25, -0.2) is 4.98 Å².